The lowest BCUT2D eigenvalue weighted by atomic mass is 9.85. The van der Waals surface area contributed by atoms with E-state index in [1.54, 1.807) is 0 Å². The van der Waals surface area contributed by atoms with Gasteiger partial charge in [-0.05, 0) is 31.1 Å². The molecule has 1 fully saturated rings. The SMILES string of the molecule is CCC1(CNC)CCSC1. The van der Waals surface area contributed by atoms with Crippen LogP contribution in [0.3, 0.4) is 0 Å². The van der Waals surface area contributed by atoms with Crippen molar-refractivity contribution < 1.29 is 0 Å². The van der Waals surface area contributed by atoms with Gasteiger partial charge < -0.3 is 5.32 Å². The van der Waals surface area contributed by atoms with Gasteiger partial charge in [-0.2, -0.15) is 11.8 Å². The molecule has 1 heterocycles. The van der Waals surface area contributed by atoms with Crippen LogP contribution in [0.1, 0.15) is 19.8 Å². The number of thioether (sulfide) groups is 1. The summed E-state index contributed by atoms with van der Waals surface area (Å²) in [7, 11) is 2.06. The maximum atomic E-state index is 3.29. The number of rotatable bonds is 3. The topological polar surface area (TPSA) is 12.0 Å². The molecule has 1 rings (SSSR count). The minimum Gasteiger partial charge on any atom is -0.319 e. The maximum Gasteiger partial charge on any atom is 0.00129 e. The lowest BCUT2D eigenvalue weighted by Gasteiger charge is -2.25. The van der Waals surface area contributed by atoms with Crippen molar-refractivity contribution in [3.05, 3.63) is 0 Å². The number of hydrogen-bond acceptors (Lipinski definition) is 2. The van der Waals surface area contributed by atoms with Gasteiger partial charge >= 0.3 is 0 Å². The molecular formula is C8H17NS. The zero-order chi connectivity index (χ0) is 7.45. The van der Waals surface area contributed by atoms with Crippen molar-refractivity contribution in [2.24, 2.45) is 5.41 Å². The molecular weight excluding hydrogens is 142 g/mol. The predicted octanol–water partition coefficient (Wildman–Crippen LogP) is 1.74. The molecule has 1 nitrogen and oxygen atoms in total. The summed E-state index contributed by atoms with van der Waals surface area (Å²) in [6.45, 7) is 3.51. The quantitative estimate of drug-likeness (QED) is 0.673. The van der Waals surface area contributed by atoms with Crippen molar-refractivity contribution in [3.63, 3.8) is 0 Å². The molecule has 1 aliphatic heterocycles. The first kappa shape index (κ1) is 8.41. The molecule has 0 aliphatic carbocycles. The number of nitrogens with one attached hydrogen (secondary N) is 1. The molecule has 2 heteroatoms. The normalized spacial score (nSPS) is 33.0. The van der Waals surface area contributed by atoms with E-state index in [4.69, 9.17) is 0 Å². The summed E-state index contributed by atoms with van der Waals surface area (Å²) in [5.74, 6) is 2.74. The minimum absolute atomic E-state index is 0.638. The highest BCUT2D eigenvalue weighted by Crippen LogP contribution is 2.37. The summed E-state index contributed by atoms with van der Waals surface area (Å²) in [6, 6.07) is 0. The van der Waals surface area contributed by atoms with Crippen LogP contribution in [0.15, 0.2) is 0 Å². The van der Waals surface area contributed by atoms with E-state index in [1.165, 1.54) is 30.9 Å². The lowest BCUT2D eigenvalue weighted by molar-refractivity contribution is 0.312. The Kier molecular flexibility index (Phi) is 3.05. The third-order valence-electron chi connectivity index (χ3n) is 2.49. The predicted molar refractivity (Wildman–Crippen MR) is 48.6 cm³/mol. The molecule has 0 bridgehead atoms. The van der Waals surface area contributed by atoms with Crippen LogP contribution >= 0.6 is 11.8 Å². The lowest BCUT2D eigenvalue weighted by Crippen LogP contribution is -2.31. The van der Waals surface area contributed by atoms with Gasteiger partial charge in [-0.15, -0.1) is 0 Å². The van der Waals surface area contributed by atoms with Crippen LogP contribution in [0.5, 0.6) is 0 Å². The molecule has 1 atom stereocenters. The molecule has 0 radical (unpaired) electrons. The number of hydrogen-bond donors (Lipinski definition) is 1. The van der Waals surface area contributed by atoms with Crippen LogP contribution in [0.4, 0.5) is 0 Å². The van der Waals surface area contributed by atoms with Crippen LogP contribution in [-0.4, -0.2) is 25.1 Å². The molecule has 0 amide bonds. The average molecular weight is 159 g/mol. The smallest absolute Gasteiger partial charge is 0.00129 e. The monoisotopic (exact) mass is 159 g/mol. The zero-order valence-corrected chi connectivity index (χ0v) is 7.76. The first-order chi connectivity index (χ1) is 4.83. The fourth-order valence-electron chi connectivity index (χ4n) is 1.57. The van der Waals surface area contributed by atoms with Crippen LogP contribution < -0.4 is 5.32 Å². The van der Waals surface area contributed by atoms with Gasteiger partial charge in [0, 0.05) is 12.3 Å². The van der Waals surface area contributed by atoms with Gasteiger partial charge in [-0.3, -0.25) is 0 Å². The molecule has 1 unspecified atom stereocenters. The average Bonchev–Trinajstić information content (AvgIpc) is 2.39. The van der Waals surface area contributed by atoms with E-state index in [0.29, 0.717) is 5.41 Å². The van der Waals surface area contributed by atoms with E-state index in [1.807, 2.05) is 0 Å². The Balaban J connectivity index is 2.41. The highest BCUT2D eigenvalue weighted by atomic mass is 32.2. The van der Waals surface area contributed by atoms with Crippen molar-refractivity contribution in [2.75, 3.05) is 25.1 Å². The molecule has 0 aromatic carbocycles. The van der Waals surface area contributed by atoms with E-state index in [0.717, 1.165) is 0 Å². The van der Waals surface area contributed by atoms with Gasteiger partial charge in [-0.1, -0.05) is 6.92 Å². The Hall–Kier alpha value is 0.310. The molecule has 1 saturated heterocycles. The van der Waals surface area contributed by atoms with Crippen LogP contribution in [0, 0.1) is 5.41 Å². The molecule has 60 valence electrons. The van der Waals surface area contributed by atoms with Gasteiger partial charge in [0.1, 0.15) is 0 Å². The van der Waals surface area contributed by atoms with Gasteiger partial charge in [0.15, 0.2) is 0 Å². The molecule has 0 saturated carbocycles. The zero-order valence-electron chi connectivity index (χ0n) is 6.94. The van der Waals surface area contributed by atoms with Crippen LogP contribution in [0.25, 0.3) is 0 Å². The van der Waals surface area contributed by atoms with E-state index >= 15 is 0 Å². The van der Waals surface area contributed by atoms with Crippen molar-refractivity contribution in [1.29, 1.82) is 0 Å². The van der Waals surface area contributed by atoms with E-state index < -0.39 is 0 Å². The van der Waals surface area contributed by atoms with Crippen molar-refractivity contribution in [1.82, 2.24) is 5.32 Å². The molecule has 1 N–H and O–H groups in total. The van der Waals surface area contributed by atoms with Gasteiger partial charge in [-0.25, -0.2) is 0 Å². The molecule has 1 aliphatic rings. The highest BCUT2D eigenvalue weighted by Gasteiger charge is 2.31. The largest absolute Gasteiger partial charge is 0.319 e. The van der Waals surface area contributed by atoms with E-state index in [-0.39, 0.29) is 0 Å². The summed E-state index contributed by atoms with van der Waals surface area (Å²) >= 11 is 2.11. The summed E-state index contributed by atoms with van der Waals surface area (Å²) in [4.78, 5) is 0. The Morgan fingerprint density at radius 3 is 2.80 bits per heavy atom. The summed E-state index contributed by atoms with van der Waals surface area (Å²) < 4.78 is 0. The van der Waals surface area contributed by atoms with Gasteiger partial charge in [0.25, 0.3) is 0 Å². The fourth-order valence-corrected chi connectivity index (χ4v) is 3.17. The van der Waals surface area contributed by atoms with Crippen molar-refractivity contribution in [2.45, 2.75) is 19.8 Å². The van der Waals surface area contributed by atoms with Crippen LogP contribution in [-0.2, 0) is 0 Å². The Labute approximate surface area is 68.0 Å². The molecule has 0 aromatic rings. The van der Waals surface area contributed by atoms with Crippen LogP contribution in [0.2, 0.25) is 0 Å². The molecule has 0 spiro atoms. The van der Waals surface area contributed by atoms with E-state index in [9.17, 15) is 0 Å². The third kappa shape index (κ3) is 1.67. The standard InChI is InChI=1S/C8H17NS/c1-3-8(6-9-2)4-5-10-7-8/h9H,3-7H2,1-2H3. The van der Waals surface area contributed by atoms with Crippen molar-refractivity contribution in [3.8, 4) is 0 Å². The first-order valence-corrected chi connectivity index (χ1v) is 5.21. The van der Waals surface area contributed by atoms with Gasteiger partial charge in [0.05, 0.1) is 0 Å². The fraction of sp³-hybridized carbons (Fsp3) is 1.00. The second kappa shape index (κ2) is 3.63. The first-order valence-electron chi connectivity index (χ1n) is 4.05. The summed E-state index contributed by atoms with van der Waals surface area (Å²) in [5, 5.41) is 3.29. The highest BCUT2D eigenvalue weighted by molar-refractivity contribution is 7.99. The van der Waals surface area contributed by atoms with E-state index in [2.05, 4.69) is 31.1 Å². The molecule has 10 heavy (non-hydrogen) atoms. The van der Waals surface area contributed by atoms with Gasteiger partial charge in [0.2, 0.25) is 0 Å². The second-order valence-corrected chi connectivity index (χ2v) is 4.29. The Morgan fingerprint density at radius 2 is 2.40 bits per heavy atom. The summed E-state index contributed by atoms with van der Waals surface area (Å²) in [5.41, 5.74) is 0.638. The summed E-state index contributed by atoms with van der Waals surface area (Å²) in [6.07, 6.45) is 2.75. The molecule has 0 aromatic heterocycles. The minimum atomic E-state index is 0.638. The Morgan fingerprint density at radius 1 is 1.60 bits per heavy atom. The third-order valence-corrected chi connectivity index (χ3v) is 3.80. The second-order valence-electron chi connectivity index (χ2n) is 3.19. The maximum absolute atomic E-state index is 3.29. The Bertz CT molecular complexity index is 97.4. The van der Waals surface area contributed by atoms with Crippen molar-refractivity contribution >= 4 is 11.8 Å².